The lowest BCUT2D eigenvalue weighted by molar-refractivity contribution is -0.152. The Kier molecular flexibility index (Phi) is 6.28. The second-order valence-electron chi connectivity index (χ2n) is 5.48. The van der Waals surface area contributed by atoms with E-state index in [1.54, 1.807) is 42.5 Å². The molecular weight excluding hydrogens is 320 g/mol. The van der Waals surface area contributed by atoms with Crippen LogP contribution in [0, 0.1) is 6.92 Å². The molecule has 0 aliphatic carbocycles. The van der Waals surface area contributed by atoms with Crippen molar-refractivity contribution in [3.05, 3.63) is 65.7 Å². The lowest BCUT2D eigenvalue weighted by Gasteiger charge is -2.15. The second-order valence-corrected chi connectivity index (χ2v) is 5.48. The van der Waals surface area contributed by atoms with E-state index < -0.39 is 18.0 Å². The van der Waals surface area contributed by atoms with E-state index in [1.807, 2.05) is 19.1 Å². The molecule has 6 heteroatoms. The first kappa shape index (κ1) is 18.2. The number of hydrogen-bond donors (Lipinski definition) is 2. The van der Waals surface area contributed by atoms with Gasteiger partial charge in [-0.1, -0.05) is 36.4 Å². The molecule has 130 valence electrons. The first-order valence-electron chi connectivity index (χ1n) is 7.86. The molecule has 0 heterocycles. The van der Waals surface area contributed by atoms with Gasteiger partial charge in [-0.2, -0.15) is 0 Å². The molecule has 1 atom stereocenters. The number of anilines is 1. The summed E-state index contributed by atoms with van der Waals surface area (Å²) in [5.74, 6) is -1.50. The number of nitrogens with one attached hydrogen (secondary N) is 2. The second kappa shape index (κ2) is 8.63. The molecule has 2 aromatic rings. The van der Waals surface area contributed by atoms with Crippen LogP contribution in [0.15, 0.2) is 54.6 Å². The summed E-state index contributed by atoms with van der Waals surface area (Å²) < 4.78 is 5.04. The summed E-state index contributed by atoms with van der Waals surface area (Å²) in [5, 5.41) is 5.16. The van der Waals surface area contributed by atoms with Gasteiger partial charge in [0.15, 0.2) is 6.10 Å². The largest absolute Gasteiger partial charge is 0.451 e. The summed E-state index contributed by atoms with van der Waals surface area (Å²) >= 11 is 0. The first-order valence-corrected chi connectivity index (χ1v) is 7.86. The molecule has 0 fully saturated rings. The van der Waals surface area contributed by atoms with E-state index in [0.29, 0.717) is 11.3 Å². The van der Waals surface area contributed by atoms with Gasteiger partial charge in [-0.3, -0.25) is 14.4 Å². The maximum Gasteiger partial charge on any atom is 0.326 e. The van der Waals surface area contributed by atoms with Gasteiger partial charge in [0.2, 0.25) is 0 Å². The number of amides is 2. The van der Waals surface area contributed by atoms with Crippen LogP contribution in [0.25, 0.3) is 0 Å². The highest BCUT2D eigenvalue weighted by molar-refractivity contribution is 5.97. The average molecular weight is 340 g/mol. The van der Waals surface area contributed by atoms with E-state index in [1.165, 1.54) is 6.92 Å². The van der Waals surface area contributed by atoms with Gasteiger partial charge in [0.25, 0.3) is 11.8 Å². The standard InChI is InChI=1S/C19H20N2O4/c1-13-8-6-7-11-16(13)21-18(23)14(2)25-17(22)12-20-19(24)15-9-4-3-5-10-15/h3-11,14H,12H2,1-2H3,(H,20,24)(H,21,23)/t14-/m1/s1. The maximum atomic E-state index is 12.1. The smallest absolute Gasteiger partial charge is 0.326 e. The third kappa shape index (κ3) is 5.46. The van der Waals surface area contributed by atoms with Crippen LogP contribution in [-0.2, 0) is 14.3 Å². The van der Waals surface area contributed by atoms with Gasteiger partial charge >= 0.3 is 5.97 Å². The zero-order valence-corrected chi connectivity index (χ0v) is 14.1. The lowest BCUT2D eigenvalue weighted by Crippen LogP contribution is -2.35. The summed E-state index contributed by atoms with van der Waals surface area (Å²) in [5.41, 5.74) is 2.01. The fraction of sp³-hybridized carbons (Fsp3) is 0.211. The van der Waals surface area contributed by atoms with Crippen molar-refractivity contribution in [2.24, 2.45) is 0 Å². The molecule has 6 nitrogen and oxygen atoms in total. The Morgan fingerprint density at radius 3 is 2.32 bits per heavy atom. The summed E-state index contributed by atoms with van der Waals surface area (Å²) in [6.45, 7) is 3.03. The van der Waals surface area contributed by atoms with E-state index in [2.05, 4.69) is 10.6 Å². The predicted molar refractivity (Wildman–Crippen MR) is 94.1 cm³/mol. The Morgan fingerprint density at radius 2 is 1.64 bits per heavy atom. The SMILES string of the molecule is Cc1ccccc1NC(=O)[C@@H](C)OC(=O)CNC(=O)c1ccccc1. The van der Waals surface area contributed by atoms with Crippen molar-refractivity contribution in [3.8, 4) is 0 Å². The number of ether oxygens (including phenoxy) is 1. The third-order valence-corrected chi connectivity index (χ3v) is 3.51. The Hall–Kier alpha value is -3.15. The predicted octanol–water partition coefficient (Wildman–Crippen LogP) is 2.30. The molecule has 25 heavy (non-hydrogen) atoms. The number of carbonyl (C=O) groups excluding carboxylic acids is 3. The zero-order valence-electron chi connectivity index (χ0n) is 14.1. The number of carbonyl (C=O) groups is 3. The van der Waals surface area contributed by atoms with Crippen molar-refractivity contribution >= 4 is 23.5 Å². The topological polar surface area (TPSA) is 84.5 Å². The number of para-hydroxylation sites is 1. The monoisotopic (exact) mass is 340 g/mol. The van der Waals surface area contributed by atoms with Crippen molar-refractivity contribution in [3.63, 3.8) is 0 Å². The van der Waals surface area contributed by atoms with Crippen LogP contribution in [0.4, 0.5) is 5.69 Å². The van der Waals surface area contributed by atoms with Gasteiger partial charge in [0, 0.05) is 11.3 Å². The molecule has 0 spiro atoms. The Labute approximate surface area is 146 Å². The molecule has 2 amide bonds. The lowest BCUT2D eigenvalue weighted by atomic mass is 10.2. The van der Waals surface area contributed by atoms with Gasteiger partial charge in [-0.05, 0) is 37.6 Å². The Balaban J connectivity index is 1.80. The van der Waals surface area contributed by atoms with Crippen LogP contribution < -0.4 is 10.6 Å². The number of aryl methyl sites for hydroxylation is 1. The van der Waals surface area contributed by atoms with Gasteiger partial charge in [0.05, 0.1) is 0 Å². The van der Waals surface area contributed by atoms with Gasteiger partial charge in [-0.15, -0.1) is 0 Å². The third-order valence-electron chi connectivity index (χ3n) is 3.51. The van der Waals surface area contributed by atoms with Gasteiger partial charge in [-0.25, -0.2) is 0 Å². The van der Waals surface area contributed by atoms with Crippen molar-refractivity contribution in [2.45, 2.75) is 20.0 Å². The number of hydrogen-bond acceptors (Lipinski definition) is 4. The maximum absolute atomic E-state index is 12.1. The van der Waals surface area contributed by atoms with Crippen molar-refractivity contribution in [2.75, 3.05) is 11.9 Å². The minimum atomic E-state index is -0.972. The van der Waals surface area contributed by atoms with Crippen molar-refractivity contribution in [1.29, 1.82) is 0 Å². The molecule has 0 aromatic heterocycles. The van der Waals surface area contributed by atoms with E-state index in [0.717, 1.165) is 5.56 Å². The Bertz CT molecular complexity index is 759. The molecule has 2 rings (SSSR count). The summed E-state index contributed by atoms with van der Waals surface area (Å²) in [4.78, 5) is 35.7. The zero-order chi connectivity index (χ0) is 18.2. The van der Waals surface area contributed by atoms with E-state index in [-0.39, 0.29) is 12.5 Å². The highest BCUT2D eigenvalue weighted by Gasteiger charge is 2.19. The van der Waals surface area contributed by atoms with E-state index in [4.69, 9.17) is 4.74 Å². The molecule has 0 saturated heterocycles. The molecule has 0 unspecified atom stereocenters. The fourth-order valence-electron chi connectivity index (χ4n) is 2.08. The molecule has 0 aliphatic heterocycles. The van der Waals surface area contributed by atoms with Crippen LogP contribution in [0.3, 0.4) is 0 Å². The molecule has 0 saturated carbocycles. The van der Waals surface area contributed by atoms with Crippen molar-refractivity contribution < 1.29 is 19.1 Å². The molecule has 2 aromatic carbocycles. The molecule has 2 N–H and O–H groups in total. The number of esters is 1. The van der Waals surface area contributed by atoms with Crippen LogP contribution in [0.5, 0.6) is 0 Å². The highest BCUT2D eigenvalue weighted by Crippen LogP contribution is 2.13. The van der Waals surface area contributed by atoms with Crippen LogP contribution >= 0.6 is 0 Å². The van der Waals surface area contributed by atoms with Crippen LogP contribution in [0.1, 0.15) is 22.8 Å². The minimum absolute atomic E-state index is 0.310. The highest BCUT2D eigenvalue weighted by atomic mass is 16.5. The molecule has 0 radical (unpaired) electrons. The normalized spacial score (nSPS) is 11.3. The Morgan fingerprint density at radius 1 is 1.00 bits per heavy atom. The molecular formula is C19H20N2O4. The minimum Gasteiger partial charge on any atom is -0.451 e. The van der Waals surface area contributed by atoms with Gasteiger partial charge in [0.1, 0.15) is 6.54 Å². The van der Waals surface area contributed by atoms with Crippen LogP contribution in [-0.4, -0.2) is 30.4 Å². The number of rotatable bonds is 6. The first-order chi connectivity index (χ1) is 12.0. The fourth-order valence-corrected chi connectivity index (χ4v) is 2.08. The molecule has 0 aliphatic rings. The summed E-state index contributed by atoms with van der Waals surface area (Å²) in [6.07, 6.45) is -0.972. The van der Waals surface area contributed by atoms with E-state index in [9.17, 15) is 14.4 Å². The quantitative estimate of drug-likeness (QED) is 0.790. The summed E-state index contributed by atoms with van der Waals surface area (Å²) in [7, 11) is 0. The van der Waals surface area contributed by atoms with Gasteiger partial charge < -0.3 is 15.4 Å². The molecule has 0 bridgehead atoms. The number of benzene rings is 2. The summed E-state index contributed by atoms with van der Waals surface area (Å²) in [6, 6.07) is 15.8. The van der Waals surface area contributed by atoms with Crippen molar-refractivity contribution in [1.82, 2.24) is 5.32 Å². The van der Waals surface area contributed by atoms with E-state index >= 15 is 0 Å². The van der Waals surface area contributed by atoms with Crippen LogP contribution in [0.2, 0.25) is 0 Å². The average Bonchev–Trinajstić information content (AvgIpc) is 2.62.